The zero-order chi connectivity index (χ0) is 21.6. The molecule has 160 valence electrons. The summed E-state index contributed by atoms with van der Waals surface area (Å²) in [5, 5.41) is 32.4. The molecule has 4 rings (SSSR count). The second kappa shape index (κ2) is 6.31. The highest BCUT2D eigenvalue weighted by Gasteiger charge is 2.75. The lowest BCUT2D eigenvalue weighted by Crippen LogP contribution is -2.69. The summed E-state index contributed by atoms with van der Waals surface area (Å²) in [6.45, 7) is 4.63. The normalized spacial score (nSPS) is 53.7. The molecule has 0 aliphatic heterocycles. The maximum absolute atomic E-state index is 15.4. The van der Waals surface area contributed by atoms with Gasteiger partial charge in [-0.05, 0) is 54.7 Å². The van der Waals surface area contributed by atoms with Crippen molar-refractivity contribution in [2.24, 2.45) is 28.6 Å². The topological polar surface area (TPSA) is 94.8 Å². The maximum atomic E-state index is 15.4. The lowest BCUT2D eigenvalue weighted by molar-refractivity contribution is -0.179. The fourth-order valence-corrected chi connectivity index (χ4v) is 8.28. The van der Waals surface area contributed by atoms with E-state index in [1.165, 1.54) is 12.2 Å². The summed E-state index contributed by atoms with van der Waals surface area (Å²) in [5.41, 5.74) is -3.30. The molecule has 0 saturated heterocycles. The van der Waals surface area contributed by atoms with Gasteiger partial charge in [0, 0.05) is 10.8 Å². The Morgan fingerprint density at radius 2 is 1.97 bits per heavy atom. The number of aliphatic hydroxyl groups excluding tert-OH is 2. The lowest BCUT2D eigenvalue weighted by Gasteiger charge is -2.64. The van der Waals surface area contributed by atoms with E-state index in [-0.39, 0.29) is 30.5 Å². The molecule has 0 aromatic rings. The van der Waals surface area contributed by atoms with E-state index in [2.05, 4.69) is 15.9 Å². The zero-order valence-corrected chi connectivity index (χ0v) is 18.4. The molecular formula is C22H28BrFO5. The van der Waals surface area contributed by atoms with Gasteiger partial charge in [0.2, 0.25) is 0 Å². The number of rotatable bonds is 2. The van der Waals surface area contributed by atoms with Crippen molar-refractivity contribution in [2.75, 3.05) is 6.61 Å². The van der Waals surface area contributed by atoms with Crippen LogP contribution in [0.3, 0.4) is 0 Å². The SMILES string of the molecule is C[C@@H]1C[C@H]2[C@@H]3C[C@@H](F)C4=CC(=O)C=C[C@]4(C)[C@@]3(Br)[C@@H](O)C[C@]2(C)[C@@]1(O)C(=O)CO. The Labute approximate surface area is 178 Å². The average molecular weight is 471 g/mol. The van der Waals surface area contributed by atoms with Crippen LogP contribution in [0.15, 0.2) is 23.8 Å². The van der Waals surface area contributed by atoms with E-state index in [1.54, 1.807) is 19.9 Å². The van der Waals surface area contributed by atoms with Gasteiger partial charge in [0.05, 0.1) is 10.4 Å². The summed E-state index contributed by atoms with van der Waals surface area (Å²) in [4.78, 5) is 24.5. The van der Waals surface area contributed by atoms with Crippen LogP contribution in [-0.2, 0) is 9.59 Å². The van der Waals surface area contributed by atoms with Crippen molar-refractivity contribution >= 4 is 27.5 Å². The molecule has 29 heavy (non-hydrogen) atoms. The van der Waals surface area contributed by atoms with Gasteiger partial charge in [-0.25, -0.2) is 4.39 Å². The molecular weight excluding hydrogens is 443 g/mol. The van der Waals surface area contributed by atoms with Crippen LogP contribution in [0, 0.1) is 28.6 Å². The van der Waals surface area contributed by atoms with Gasteiger partial charge >= 0.3 is 0 Å². The monoisotopic (exact) mass is 470 g/mol. The number of hydrogen-bond donors (Lipinski definition) is 3. The van der Waals surface area contributed by atoms with Crippen LogP contribution >= 0.6 is 15.9 Å². The fraction of sp³-hybridized carbons (Fsp3) is 0.727. The highest BCUT2D eigenvalue weighted by atomic mass is 79.9. The Morgan fingerprint density at radius 3 is 2.59 bits per heavy atom. The van der Waals surface area contributed by atoms with Crippen LogP contribution in [-0.4, -0.2) is 55.7 Å². The van der Waals surface area contributed by atoms with Crippen LogP contribution in [0.2, 0.25) is 0 Å². The Hall–Kier alpha value is -0.890. The molecule has 0 aromatic carbocycles. The maximum Gasteiger partial charge on any atom is 0.190 e. The van der Waals surface area contributed by atoms with Crippen LogP contribution < -0.4 is 0 Å². The molecule has 0 heterocycles. The highest BCUT2D eigenvalue weighted by molar-refractivity contribution is 9.10. The molecule has 4 aliphatic carbocycles. The van der Waals surface area contributed by atoms with Crippen LogP contribution in [0.4, 0.5) is 4.39 Å². The zero-order valence-electron chi connectivity index (χ0n) is 16.9. The standard InChI is InChI=1S/C22H28BrFO5/c1-11-6-13-14-8-16(24)15-7-12(26)4-5-19(15,2)21(14,23)17(27)9-20(13,3)22(11,29)18(28)10-25/h4-5,7,11,13-14,16-17,25,27,29H,6,8-10H2,1-3H3/t11-,13+,14+,16-,17+,19+,20+,21+,22+/m1/s1. The molecule has 0 amide bonds. The van der Waals surface area contributed by atoms with Gasteiger partial charge in [-0.3, -0.25) is 9.59 Å². The predicted molar refractivity (Wildman–Crippen MR) is 108 cm³/mol. The molecule has 0 radical (unpaired) electrons. The van der Waals surface area contributed by atoms with Crippen molar-refractivity contribution < 1.29 is 29.3 Å². The van der Waals surface area contributed by atoms with E-state index in [9.17, 15) is 24.9 Å². The molecule has 0 bridgehead atoms. The molecule has 7 heteroatoms. The third-order valence-corrected chi connectivity index (χ3v) is 10.7. The Kier molecular flexibility index (Phi) is 4.65. The first-order valence-corrected chi connectivity index (χ1v) is 11.0. The average Bonchev–Trinajstić information content (AvgIpc) is 2.86. The summed E-state index contributed by atoms with van der Waals surface area (Å²) in [7, 11) is 0. The first-order valence-electron chi connectivity index (χ1n) is 10.2. The van der Waals surface area contributed by atoms with E-state index in [0.29, 0.717) is 12.0 Å². The molecule has 9 atom stereocenters. The quantitative estimate of drug-likeness (QED) is 0.538. The molecule has 3 fully saturated rings. The summed E-state index contributed by atoms with van der Waals surface area (Å²) >= 11 is 3.82. The number of alkyl halides is 2. The second-order valence-electron chi connectivity index (χ2n) is 9.84. The molecule has 3 saturated carbocycles. The van der Waals surface area contributed by atoms with Crippen molar-refractivity contribution in [3.05, 3.63) is 23.8 Å². The smallest absolute Gasteiger partial charge is 0.190 e. The molecule has 0 spiro atoms. The molecule has 0 aromatic heterocycles. The minimum Gasteiger partial charge on any atom is -0.392 e. The Balaban J connectivity index is 1.87. The minimum absolute atomic E-state index is 0.0984. The van der Waals surface area contributed by atoms with E-state index in [4.69, 9.17) is 0 Å². The summed E-state index contributed by atoms with van der Waals surface area (Å²) in [6, 6.07) is 0. The van der Waals surface area contributed by atoms with Crippen molar-refractivity contribution in [1.29, 1.82) is 0 Å². The largest absolute Gasteiger partial charge is 0.392 e. The number of carbonyl (C=O) groups excluding carboxylic acids is 2. The number of allylic oxidation sites excluding steroid dienone is 4. The Morgan fingerprint density at radius 1 is 1.31 bits per heavy atom. The van der Waals surface area contributed by atoms with Gasteiger partial charge < -0.3 is 15.3 Å². The van der Waals surface area contributed by atoms with E-state index in [0.717, 1.165) is 0 Å². The second-order valence-corrected chi connectivity index (χ2v) is 11.2. The van der Waals surface area contributed by atoms with Gasteiger partial charge in [-0.1, -0.05) is 42.8 Å². The van der Waals surface area contributed by atoms with Gasteiger partial charge in [-0.15, -0.1) is 0 Å². The van der Waals surface area contributed by atoms with Crippen molar-refractivity contribution in [3.8, 4) is 0 Å². The third kappa shape index (κ3) is 2.31. The molecule has 0 unspecified atom stereocenters. The third-order valence-electron chi connectivity index (χ3n) is 8.78. The number of ketones is 2. The van der Waals surface area contributed by atoms with Crippen molar-refractivity contribution in [3.63, 3.8) is 0 Å². The summed E-state index contributed by atoms with van der Waals surface area (Å²) in [5.74, 6) is -1.93. The molecule has 5 nitrogen and oxygen atoms in total. The molecule has 3 N–H and O–H groups in total. The van der Waals surface area contributed by atoms with Gasteiger partial charge in [-0.2, -0.15) is 0 Å². The Bertz CT molecular complexity index is 841. The number of aliphatic hydroxyl groups is 3. The van der Waals surface area contributed by atoms with Crippen molar-refractivity contribution in [2.45, 2.75) is 62.2 Å². The number of carbonyl (C=O) groups is 2. The van der Waals surface area contributed by atoms with E-state index in [1.807, 2.05) is 6.92 Å². The van der Waals surface area contributed by atoms with Gasteiger partial charge in [0.25, 0.3) is 0 Å². The van der Waals surface area contributed by atoms with Crippen LogP contribution in [0.25, 0.3) is 0 Å². The first-order chi connectivity index (χ1) is 13.4. The molecule has 4 aliphatic rings. The fourth-order valence-electron chi connectivity index (χ4n) is 7.25. The number of hydrogen-bond acceptors (Lipinski definition) is 5. The minimum atomic E-state index is -1.77. The van der Waals surface area contributed by atoms with Gasteiger partial charge in [0.15, 0.2) is 11.6 Å². The lowest BCUT2D eigenvalue weighted by atomic mass is 9.45. The van der Waals surface area contributed by atoms with E-state index >= 15 is 4.39 Å². The number of fused-ring (bicyclic) bond motifs is 5. The summed E-state index contributed by atoms with van der Waals surface area (Å²) in [6.07, 6.45) is 2.83. The number of Topliss-reactive ketones (excluding diaryl/α,β-unsaturated/α-hetero) is 1. The number of halogens is 2. The van der Waals surface area contributed by atoms with Crippen LogP contribution in [0.1, 0.15) is 40.0 Å². The highest BCUT2D eigenvalue weighted by Crippen LogP contribution is 2.72. The van der Waals surface area contributed by atoms with E-state index < -0.39 is 51.3 Å². The van der Waals surface area contributed by atoms with Gasteiger partial charge in [0.1, 0.15) is 18.4 Å². The van der Waals surface area contributed by atoms with Crippen molar-refractivity contribution in [1.82, 2.24) is 0 Å². The van der Waals surface area contributed by atoms with Crippen LogP contribution in [0.5, 0.6) is 0 Å². The predicted octanol–water partition coefficient (Wildman–Crippen LogP) is 2.27. The first kappa shape index (κ1) is 21.3. The summed E-state index contributed by atoms with van der Waals surface area (Å²) < 4.78 is 14.4.